The molecule has 0 saturated carbocycles. The first-order valence-electron chi connectivity index (χ1n) is 8.23. The van der Waals surface area contributed by atoms with Gasteiger partial charge >= 0.3 is 0 Å². The van der Waals surface area contributed by atoms with Crippen LogP contribution in [0.25, 0.3) is 0 Å². The van der Waals surface area contributed by atoms with E-state index >= 15 is 0 Å². The highest BCUT2D eigenvalue weighted by atomic mass is 16.6. The summed E-state index contributed by atoms with van der Waals surface area (Å²) < 4.78 is 13.4. The van der Waals surface area contributed by atoms with Crippen LogP contribution in [0.3, 0.4) is 0 Å². The maximum absolute atomic E-state index is 12.8. The Morgan fingerprint density at radius 1 is 1.29 bits per heavy atom. The molecule has 2 aromatic rings. The number of piperidine rings is 1. The minimum Gasteiger partial charge on any atom is -0.485 e. The summed E-state index contributed by atoms with van der Waals surface area (Å²) in [4.78, 5) is 14.7. The highest BCUT2D eigenvalue weighted by Gasteiger charge is 2.34. The zero-order chi connectivity index (χ0) is 16.5. The van der Waals surface area contributed by atoms with Crippen LogP contribution in [-0.2, 0) is 11.8 Å². The monoisotopic (exact) mass is 328 g/mol. The van der Waals surface area contributed by atoms with Gasteiger partial charge in [0.15, 0.2) is 11.5 Å². The molecule has 2 aliphatic rings. The summed E-state index contributed by atoms with van der Waals surface area (Å²) in [7, 11) is 1.94. The van der Waals surface area contributed by atoms with Crippen LogP contribution in [-0.4, -0.2) is 51.4 Å². The molecule has 2 atom stereocenters. The van der Waals surface area contributed by atoms with Gasteiger partial charge in [-0.2, -0.15) is 0 Å². The van der Waals surface area contributed by atoms with Gasteiger partial charge in [-0.05, 0) is 25.0 Å². The predicted octanol–water partition coefficient (Wildman–Crippen LogP) is 1.36. The fourth-order valence-electron chi connectivity index (χ4n) is 3.39. The zero-order valence-corrected chi connectivity index (χ0v) is 13.6. The third-order valence-electron chi connectivity index (χ3n) is 4.63. The van der Waals surface area contributed by atoms with E-state index in [4.69, 9.17) is 9.47 Å². The summed E-state index contributed by atoms with van der Waals surface area (Å²) in [6, 6.07) is 7.44. The SMILES string of the molecule is Cn1cnnc1[C@@H]1CCCN(C(=O)[C@H]2COc3ccccc3O2)C1. The number of hydrogen-bond donors (Lipinski definition) is 0. The molecule has 24 heavy (non-hydrogen) atoms. The van der Waals surface area contributed by atoms with Crippen LogP contribution in [0.15, 0.2) is 30.6 Å². The molecular weight excluding hydrogens is 308 g/mol. The fraction of sp³-hybridized carbons (Fsp3) is 0.471. The Morgan fingerprint density at radius 2 is 2.12 bits per heavy atom. The molecule has 1 saturated heterocycles. The van der Waals surface area contributed by atoms with Crippen molar-refractivity contribution in [3.8, 4) is 11.5 Å². The molecule has 2 aliphatic heterocycles. The van der Waals surface area contributed by atoms with Gasteiger partial charge in [0.05, 0.1) is 0 Å². The normalized spacial score (nSPS) is 23.1. The maximum atomic E-state index is 12.8. The first-order chi connectivity index (χ1) is 11.7. The minimum atomic E-state index is -0.585. The predicted molar refractivity (Wildman–Crippen MR) is 85.9 cm³/mol. The molecule has 0 unspecified atom stereocenters. The van der Waals surface area contributed by atoms with E-state index in [1.54, 1.807) is 6.33 Å². The van der Waals surface area contributed by atoms with E-state index < -0.39 is 6.10 Å². The Labute approximate surface area is 140 Å². The first kappa shape index (κ1) is 15.0. The van der Waals surface area contributed by atoms with Crippen LogP contribution in [0, 0.1) is 0 Å². The van der Waals surface area contributed by atoms with Gasteiger partial charge in [0, 0.05) is 26.1 Å². The number of rotatable bonds is 2. The molecule has 1 aromatic carbocycles. The average molecular weight is 328 g/mol. The summed E-state index contributed by atoms with van der Waals surface area (Å²) >= 11 is 0. The van der Waals surface area contributed by atoms with E-state index in [0.717, 1.165) is 25.2 Å². The van der Waals surface area contributed by atoms with Gasteiger partial charge in [-0.25, -0.2) is 0 Å². The number of para-hydroxylation sites is 2. The molecule has 0 radical (unpaired) electrons. The highest BCUT2D eigenvalue weighted by molar-refractivity contribution is 5.82. The van der Waals surface area contributed by atoms with Crippen molar-refractivity contribution in [2.24, 2.45) is 7.05 Å². The van der Waals surface area contributed by atoms with Gasteiger partial charge in [-0.1, -0.05) is 12.1 Å². The standard InChI is InChI=1S/C17H20N4O3/c1-20-11-18-19-16(20)12-5-4-8-21(9-12)17(22)15-10-23-13-6-2-3-7-14(13)24-15/h2-3,6-7,11-12,15H,4-5,8-10H2,1H3/t12-,15-/m1/s1. The Morgan fingerprint density at radius 3 is 2.92 bits per heavy atom. The van der Waals surface area contributed by atoms with Crippen molar-refractivity contribution in [3.63, 3.8) is 0 Å². The number of benzene rings is 1. The molecule has 7 heteroatoms. The summed E-state index contributed by atoms with van der Waals surface area (Å²) in [5.74, 6) is 2.45. The summed E-state index contributed by atoms with van der Waals surface area (Å²) in [5.41, 5.74) is 0. The number of aromatic nitrogens is 3. The largest absolute Gasteiger partial charge is 0.485 e. The number of fused-ring (bicyclic) bond motifs is 1. The first-order valence-corrected chi connectivity index (χ1v) is 8.23. The third kappa shape index (κ3) is 2.70. The number of ether oxygens (including phenoxy) is 2. The van der Waals surface area contributed by atoms with Crippen LogP contribution in [0.4, 0.5) is 0 Å². The molecule has 126 valence electrons. The minimum absolute atomic E-state index is 0.0172. The Kier molecular flexibility index (Phi) is 3.84. The van der Waals surface area contributed by atoms with Crippen LogP contribution in [0.2, 0.25) is 0 Å². The van der Waals surface area contributed by atoms with Gasteiger partial charge in [0.2, 0.25) is 6.10 Å². The quantitative estimate of drug-likeness (QED) is 0.832. The molecule has 0 aliphatic carbocycles. The average Bonchev–Trinajstić information content (AvgIpc) is 3.07. The molecule has 1 amide bonds. The molecule has 4 rings (SSSR count). The van der Waals surface area contributed by atoms with Gasteiger partial charge < -0.3 is 18.9 Å². The van der Waals surface area contributed by atoms with E-state index in [0.29, 0.717) is 18.0 Å². The molecule has 0 spiro atoms. The van der Waals surface area contributed by atoms with E-state index in [2.05, 4.69) is 10.2 Å². The summed E-state index contributed by atoms with van der Waals surface area (Å²) in [6.07, 6.45) is 3.08. The van der Waals surface area contributed by atoms with Crippen molar-refractivity contribution in [1.82, 2.24) is 19.7 Å². The maximum Gasteiger partial charge on any atom is 0.267 e. The molecule has 0 N–H and O–H groups in total. The lowest BCUT2D eigenvalue weighted by Crippen LogP contribution is -2.49. The number of carbonyl (C=O) groups excluding carboxylic acids is 1. The number of amides is 1. The van der Waals surface area contributed by atoms with Crippen LogP contribution >= 0.6 is 0 Å². The topological polar surface area (TPSA) is 69.5 Å². The van der Waals surface area contributed by atoms with Gasteiger partial charge in [0.25, 0.3) is 5.91 Å². The molecular formula is C17H20N4O3. The lowest BCUT2D eigenvalue weighted by atomic mass is 9.96. The van der Waals surface area contributed by atoms with Gasteiger partial charge in [0.1, 0.15) is 18.8 Å². The van der Waals surface area contributed by atoms with Crippen molar-refractivity contribution >= 4 is 5.91 Å². The number of nitrogens with zero attached hydrogens (tertiary/aromatic N) is 4. The molecule has 3 heterocycles. The van der Waals surface area contributed by atoms with E-state index in [9.17, 15) is 4.79 Å². The molecule has 0 bridgehead atoms. The number of carbonyl (C=O) groups is 1. The smallest absolute Gasteiger partial charge is 0.267 e. The lowest BCUT2D eigenvalue weighted by Gasteiger charge is -2.35. The molecule has 1 aromatic heterocycles. The third-order valence-corrected chi connectivity index (χ3v) is 4.63. The summed E-state index contributed by atoms with van der Waals surface area (Å²) in [6.45, 7) is 1.64. The van der Waals surface area contributed by atoms with E-state index in [1.807, 2.05) is 40.8 Å². The summed E-state index contributed by atoms with van der Waals surface area (Å²) in [5, 5.41) is 8.14. The van der Waals surface area contributed by atoms with Crippen molar-refractivity contribution in [3.05, 3.63) is 36.4 Å². The van der Waals surface area contributed by atoms with Crippen molar-refractivity contribution in [1.29, 1.82) is 0 Å². The van der Waals surface area contributed by atoms with Crippen LogP contribution in [0.1, 0.15) is 24.6 Å². The number of hydrogen-bond acceptors (Lipinski definition) is 5. The number of aryl methyl sites for hydroxylation is 1. The van der Waals surface area contributed by atoms with Crippen LogP contribution in [0.5, 0.6) is 11.5 Å². The van der Waals surface area contributed by atoms with E-state index in [-0.39, 0.29) is 18.4 Å². The van der Waals surface area contributed by atoms with Crippen molar-refractivity contribution in [2.45, 2.75) is 24.9 Å². The second-order valence-electron chi connectivity index (χ2n) is 6.29. The fourth-order valence-corrected chi connectivity index (χ4v) is 3.39. The van der Waals surface area contributed by atoms with Crippen molar-refractivity contribution in [2.75, 3.05) is 19.7 Å². The second-order valence-corrected chi connectivity index (χ2v) is 6.29. The van der Waals surface area contributed by atoms with E-state index in [1.165, 1.54) is 0 Å². The van der Waals surface area contributed by atoms with Crippen LogP contribution < -0.4 is 9.47 Å². The van der Waals surface area contributed by atoms with Gasteiger partial charge in [-0.15, -0.1) is 10.2 Å². The highest BCUT2D eigenvalue weighted by Crippen LogP contribution is 2.32. The van der Waals surface area contributed by atoms with Crippen molar-refractivity contribution < 1.29 is 14.3 Å². The lowest BCUT2D eigenvalue weighted by molar-refractivity contribution is -0.142. The zero-order valence-electron chi connectivity index (χ0n) is 13.6. The Bertz CT molecular complexity index is 745. The van der Waals surface area contributed by atoms with Gasteiger partial charge in [-0.3, -0.25) is 4.79 Å². The molecule has 1 fully saturated rings. The Hall–Kier alpha value is -2.57. The Balaban J connectivity index is 1.46. The molecule has 7 nitrogen and oxygen atoms in total. The number of likely N-dealkylation sites (tertiary alicyclic amines) is 1. The second kappa shape index (κ2) is 6.14.